The van der Waals surface area contributed by atoms with E-state index in [-0.39, 0.29) is 5.97 Å². The van der Waals surface area contributed by atoms with Crippen LogP contribution >= 0.6 is 0 Å². The molecule has 0 radical (unpaired) electrons. The van der Waals surface area contributed by atoms with Crippen LogP contribution in [0.4, 0.5) is 0 Å². The highest BCUT2D eigenvalue weighted by Crippen LogP contribution is 2.26. The molecule has 1 aromatic heterocycles. The van der Waals surface area contributed by atoms with E-state index in [2.05, 4.69) is 15.2 Å². The molecule has 0 bridgehead atoms. The minimum Gasteiger partial charge on any atom is -0.465 e. The van der Waals surface area contributed by atoms with Crippen LogP contribution in [0.2, 0.25) is 0 Å². The highest BCUT2D eigenvalue weighted by molar-refractivity contribution is 5.81. The van der Waals surface area contributed by atoms with Crippen molar-refractivity contribution in [2.24, 2.45) is 0 Å². The maximum absolute atomic E-state index is 12.2. The van der Waals surface area contributed by atoms with Crippen LogP contribution < -0.4 is 0 Å². The molecule has 1 atom stereocenters. The van der Waals surface area contributed by atoms with Gasteiger partial charge in [-0.3, -0.25) is 9.89 Å². The number of nitrogens with zero attached hydrogens (tertiary/aromatic N) is 2. The van der Waals surface area contributed by atoms with E-state index in [0.29, 0.717) is 18.3 Å². The Balaban J connectivity index is 2.46. The second kappa shape index (κ2) is 5.65. The van der Waals surface area contributed by atoms with Gasteiger partial charge >= 0.3 is 5.97 Å². The Morgan fingerprint density at radius 3 is 2.68 bits per heavy atom. The molecule has 0 saturated carbocycles. The lowest BCUT2D eigenvalue weighted by atomic mass is 9.94. The maximum Gasteiger partial charge on any atom is 0.321 e. The Hall–Kier alpha value is -2.17. The number of H-pyrrole nitrogens is 1. The van der Waals surface area contributed by atoms with Crippen molar-refractivity contribution < 1.29 is 9.53 Å². The molecular formula is C14H17N3O2. The van der Waals surface area contributed by atoms with E-state index in [9.17, 15) is 4.79 Å². The average molecular weight is 259 g/mol. The van der Waals surface area contributed by atoms with E-state index in [1.807, 2.05) is 31.2 Å². The predicted octanol–water partition coefficient (Wildman–Crippen LogP) is 2.12. The summed E-state index contributed by atoms with van der Waals surface area (Å²) in [5, 5.41) is 6.87. The molecule has 0 saturated heterocycles. The summed E-state index contributed by atoms with van der Waals surface area (Å²) in [6.45, 7) is 5.89. The van der Waals surface area contributed by atoms with Gasteiger partial charge in [-0.1, -0.05) is 24.3 Å². The van der Waals surface area contributed by atoms with Gasteiger partial charge in [0.2, 0.25) is 0 Å². The molecule has 5 heteroatoms. The molecule has 5 nitrogen and oxygen atoms in total. The highest BCUT2D eigenvalue weighted by atomic mass is 16.5. The van der Waals surface area contributed by atoms with Gasteiger partial charge in [0, 0.05) is 0 Å². The topological polar surface area (TPSA) is 67.9 Å². The monoisotopic (exact) mass is 259 g/mol. The summed E-state index contributed by atoms with van der Waals surface area (Å²) >= 11 is 0. The number of esters is 1. The van der Waals surface area contributed by atoms with Crippen LogP contribution in [-0.4, -0.2) is 27.8 Å². The summed E-state index contributed by atoms with van der Waals surface area (Å²) in [5.41, 5.74) is 1.89. The Morgan fingerprint density at radius 2 is 2.11 bits per heavy atom. The minimum absolute atomic E-state index is 0.323. The number of benzene rings is 1. The first kappa shape index (κ1) is 13.3. The zero-order valence-electron chi connectivity index (χ0n) is 11.3. The standard InChI is InChI=1S/C14H17N3O2/c1-4-19-14(18)12(13-15-10(3)16-17-13)11-8-6-5-7-9(11)2/h5-8,12H,4H2,1-3H3,(H,15,16,17). The zero-order chi connectivity index (χ0) is 13.8. The molecule has 1 aromatic carbocycles. The fourth-order valence-electron chi connectivity index (χ4n) is 2.00. The second-order valence-electron chi connectivity index (χ2n) is 4.32. The van der Waals surface area contributed by atoms with Crippen molar-refractivity contribution in [2.45, 2.75) is 26.7 Å². The Kier molecular flexibility index (Phi) is 3.94. The SMILES string of the molecule is CCOC(=O)C(c1n[nH]c(C)n1)c1ccccc1C. The molecule has 2 aromatic rings. The molecule has 0 aliphatic carbocycles. The third-order valence-electron chi connectivity index (χ3n) is 2.89. The van der Waals surface area contributed by atoms with Gasteiger partial charge in [0.25, 0.3) is 0 Å². The van der Waals surface area contributed by atoms with Crippen molar-refractivity contribution in [2.75, 3.05) is 6.61 Å². The molecule has 2 rings (SSSR count). The van der Waals surface area contributed by atoms with E-state index in [1.54, 1.807) is 13.8 Å². The molecule has 0 fully saturated rings. The van der Waals surface area contributed by atoms with Crippen molar-refractivity contribution >= 4 is 5.97 Å². The maximum atomic E-state index is 12.2. The van der Waals surface area contributed by atoms with Gasteiger partial charge in [0.05, 0.1) is 6.61 Å². The number of hydrogen-bond acceptors (Lipinski definition) is 4. The lowest BCUT2D eigenvalue weighted by Crippen LogP contribution is -2.19. The Labute approximate surface area is 112 Å². The normalized spacial score (nSPS) is 12.2. The third kappa shape index (κ3) is 2.81. The van der Waals surface area contributed by atoms with Crippen molar-refractivity contribution in [3.63, 3.8) is 0 Å². The van der Waals surface area contributed by atoms with E-state index in [4.69, 9.17) is 4.74 Å². The number of hydrogen-bond donors (Lipinski definition) is 1. The van der Waals surface area contributed by atoms with E-state index >= 15 is 0 Å². The van der Waals surface area contributed by atoms with Crippen LogP contribution in [0.5, 0.6) is 0 Å². The molecule has 1 heterocycles. The number of aromatic nitrogens is 3. The summed E-state index contributed by atoms with van der Waals surface area (Å²) in [6, 6.07) is 7.70. The fourth-order valence-corrected chi connectivity index (χ4v) is 2.00. The number of carbonyl (C=O) groups excluding carboxylic acids is 1. The van der Waals surface area contributed by atoms with Gasteiger partial charge in [0.1, 0.15) is 11.7 Å². The Bertz CT molecular complexity index is 578. The summed E-state index contributed by atoms with van der Waals surface area (Å²) in [6.07, 6.45) is 0. The molecule has 0 aliphatic rings. The van der Waals surface area contributed by atoms with Crippen LogP contribution in [0.1, 0.15) is 35.6 Å². The summed E-state index contributed by atoms with van der Waals surface area (Å²) < 4.78 is 5.14. The van der Waals surface area contributed by atoms with Crippen molar-refractivity contribution in [3.05, 3.63) is 47.0 Å². The quantitative estimate of drug-likeness (QED) is 0.854. The predicted molar refractivity (Wildman–Crippen MR) is 70.8 cm³/mol. The molecule has 1 unspecified atom stereocenters. The first-order chi connectivity index (χ1) is 9.13. The van der Waals surface area contributed by atoms with E-state index in [1.165, 1.54) is 0 Å². The van der Waals surface area contributed by atoms with Crippen LogP contribution in [0.3, 0.4) is 0 Å². The number of carbonyl (C=O) groups is 1. The Morgan fingerprint density at radius 1 is 1.37 bits per heavy atom. The number of rotatable bonds is 4. The molecule has 19 heavy (non-hydrogen) atoms. The van der Waals surface area contributed by atoms with Crippen LogP contribution in [-0.2, 0) is 9.53 Å². The van der Waals surface area contributed by atoms with Crippen LogP contribution in [0.25, 0.3) is 0 Å². The molecule has 0 amide bonds. The number of aromatic amines is 1. The molecule has 100 valence electrons. The molecule has 1 N–H and O–H groups in total. The lowest BCUT2D eigenvalue weighted by molar-refractivity contribution is -0.144. The second-order valence-corrected chi connectivity index (χ2v) is 4.32. The summed E-state index contributed by atoms with van der Waals surface area (Å²) in [4.78, 5) is 16.5. The first-order valence-electron chi connectivity index (χ1n) is 6.24. The van der Waals surface area contributed by atoms with Gasteiger partial charge in [-0.25, -0.2) is 4.98 Å². The first-order valence-corrected chi connectivity index (χ1v) is 6.24. The zero-order valence-corrected chi connectivity index (χ0v) is 11.3. The third-order valence-corrected chi connectivity index (χ3v) is 2.89. The fraction of sp³-hybridized carbons (Fsp3) is 0.357. The average Bonchev–Trinajstić information content (AvgIpc) is 2.79. The number of aryl methyl sites for hydroxylation is 2. The molecule has 0 aliphatic heterocycles. The van der Waals surface area contributed by atoms with Crippen molar-refractivity contribution in [1.29, 1.82) is 0 Å². The van der Waals surface area contributed by atoms with Crippen LogP contribution in [0, 0.1) is 13.8 Å². The van der Waals surface area contributed by atoms with Crippen molar-refractivity contribution in [1.82, 2.24) is 15.2 Å². The largest absolute Gasteiger partial charge is 0.465 e. The smallest absolute Gasteiger partial charge is 0.321 e. The van der Waals surface area contributed by atoms with Gasteiger partial charge in [-0.2, -0.15) is 5.10 Å². The van der Waals surface area contributed by atoms with Gasteiger partial charge < -0.3 is 4.74 Å². The van der Waals surface area contributed by atoms with E-state index < -0.39 is 5.92 Å². The molecule has 0 spiro atoms. The van der Waals surface area contributed by atoms with Crippen LogP contribution in [0.15, 0.2) is 24.3 Å². The summed E-state index contributed by atoms with van der Waals surface area (Å²) in [5.74, 6) is 0.227. The molecular weight excluding hydrogens is 242 g/mol. The van der Waals surface area contributed by atoms with Gasteiger partial charge in [-0.05, 0) is 31.9 Å². The lowest BCUT2D eigenvalue weighted by Gasteiger charge is -2.15. The van der Waals surface area contributed by atoms with Gasteiger partial charge in [-0.15, -0.1) is 0 Å². The summed E-state index contributed by atoms with van der Waals surface area (Å²) in [7, 11) is 0. The number of ether oxygens (including phenoxy) is 1. The van der Waals surface area contributed by atoms with Gasteiger partial charge in [0.15, 0.2) is 5.82 Å². The minimum atomic E-state index is -0.578. The highest BCUT2D eigenvalue weighted by Gasteiger charge is 2.29. The van der Waals surface area contributed by atoms with E-state index in [0.717, 1.165) is 11.1 Å². The number of nitrogens with one attached hydrogen (secondary N) is 1. The van der Waals surface area contributed by atoms with Crippen molar-refractivity contribution in [3.8, 4) is 0 Å².